The molecule has 110 valence electrons. The van der Waals surface area contributed by atoms with Crippen LogP contribution in [0.4, 0.5) is 0 Å². The van der Waals surface area contributed by atoms with Crippen LogP contribution >= 0.6 is 0 Å². The van der Waals surface area contributed by atoms with E-state index in [4.69, 9.17) is 0 Å². The molecule has 1 heterocycles. The minimum atomic E-state index is 0.358. The summed E-state index contributed by atoms with van der Waals surface area (Å²) in [6, 6.07) is 7.21. The van der Waals surface area contributed by atoms with Crippen LogP contribution in [0.5, 0.6) is 0 Å². The number of fused-ring (bicyclic) bond motifs is 1. The van der Waals surface area contributed by atoms with Crippen molar-refractivity contribution in [2.45, 2.75) is 58.0 Å². The van der Waals surface area contributed by atoms with Crippen molar-refractivity contribution >= 4 is 0 Å². The van der Waals surface area contributed by atoms with E-state index in [-0.39, 0.29) is 0 Å². The molecule has 0 aromatic heterocycles. The van der Waals surface area contributed by atoms with Crippen molar-refractivity contribution in [3.63, 3.8) is 0 Å². The second-order valence-electron chi connectivity index (χ2n) is 6.49. The molecule has 0 unspecified atom stereocenters. The highest BCUT2D eigenvalue weighted by molar-refractivity contribution is 5.35. The molecule has 0 bridgehead atoms. The maximum atomic E-state index is 3.59. The zero-order valence-electron chi connectivity index (χ0n) is 13.0. The van der Waals surface area contributed by atoms with Crippen LogP contribution in [0, 0.1) is 0 Å². The van der Waals surface area contributed by atoms with Crippen LogP contribution in [0.25, 0.3) is 0 Å². The van der Waals surface area contributed by atoms with E-state index in [1.807, 2.05) is 0 Å². The van der Waals surface area contributed by atoms with Crippen molar-refractivity contribution in [1.82, 2.24) is 10.2 Å². The third-order valence-electron chi connectivity index (χ3n) is 5.54. The van der Waals surface area contributed by atoms with Gasteiger partial charge in [-0.25, -0.2) is 0 Å². The first-order valence-corrected chi connectivity index (χ1v) is 8.34. The smallest absolute Gasteiger partial charge is 0.0332 e. The molecule has 3 rings (SSSR count). The summed E-state index contributed by atoms with van der Waals surface area (Å²) in [7, 11) is 0. The summed E-state index contributed by atoms with van der Waals surface area (Å²) in [5.74, 6) is 0. The fraction of sp³-hybridized carbons (Fsp3) is 0.667. The van der Waals surface area contributed by atoms with Crippen molar-refractivity contribution < 1.29 is 0 Å². The topological polar surface area (TPSA) is 15.3 Å². The molecular weight excluding hydrogens is 244 g/mol. The van der Waals surface area contributed by atoms with Gasteiger partial charge in [-0.3, -0.25) is 4.90 Å². The summed E-state index contributed by atoms with van der Waals surface area (Å²) < 4.78 is 0. The number of benzene rings is 1. The van der Waals surface area contributed by atoms with Gasteiger partial charge in [0, 0.05) is 31.7 Å². The molecular formula is C18H28N2. The van der Waals surface area contributed by atoms with Crippen molar-refractivity contribution in [3.8, 4) is 0 Å². The monoisotopic (exact) mass is 272 g/mol. The zero-order chi connectivity index (χ0) is 14.0. The van der Waals surface area contributed by atoms with Gasteiger partial charge in [-0.2, -0.15) is 0 Å². The summed E-state index contributed by atoms with van der Waals surface area (Å²) in [4.78, 5) is 2.72. The number of hydrogen-bond acceptors (Lipinski definition) is 2. The first-order valence-electron chi connectivity index (χ1n) is 8.34. The molecule has 1 aliphatic heterocycles. The minimum absolute atomic E-state index is 0.358. The molecule has 0 spiro atoms. The minimum Gasteiger partial charge on any atom is -0.314 e. The Morgan fingerprint density at radius 2 is 1.95 bits per heavy atom. The Balaban J connectivity index is 1.78. The van der Waals surface area contributed by atoms with Crippen molar-refractivity contribution in [1.29, 1.82) is 0 Å². The highest BCUT2D eigenvalue weighted by atomic mass is 15.3. The Morgan fingerprint density at radius 3 is 2.75 bits per heavy atom. The van der Waals surface area contributed by atoms with Crippen LogP contribution in [-0.2, 0) is 19.4 Å². The average Bonchev–Trinajstić information content (AvgIpc) is 2.95. The van der Waals surface area contributed by atoms with E-state index in [9.17, 15) is 0 Å². The number of nitrogens with one attached hydrogen (secondary N) is 1. The van der Waals surface area contributed by atoms with E-state index in [0.717, 1.165) is 19.6 Å². The molecule has 1 fully saturated rings. The van der Waals surface area contributed by atoms with Crippen LogP contribution in [0.1, 0.15) is 49.8 Å². The van der Waals surface area contributed by atoms with Crippen LogP contribution in [-0.4, -0.2) is 30.1 Å². The molecule has 1 N–H and O–H groups in total. The Hall–Kier alpha value is -0.860. The Morgan fingerprint density at radius 1 is 1.15 bits per heavy atom. The number of piperazine rings is 1. The molecule has 0 amide bonds. The number of rotatable bonds is 4. The fourth-order valence-electron chi connectivity index (χ4n) is 4.02. The van der Waals surface area contributed by atoms with Crippen molar-refractivity contribution in [2.24, 2.45) is 0 Å². The summed E-state index contributed by atoms with van der Waals surface area (Å²) in [6.07, 6.45) is 6.40. The predicted octanol–water partition coefficient (Wildman–Crippen LogP) is 3.14. The van der Waals surface area contributed by atoms with E-state index >= 15 is 0 Å². The third kappa shape index (κ3) is 2.51. The van der Waals surface area contributed by atoms with Gasteiger partial charge in [0.25, 0.3) is 0 Å². The first kappa shape index (κ1) is 14.1. The molecule has 0 radical (unpaired) electrons. The van der Waals surface area contributed by atoms with Crippen molar-refractivity contribution in [3.05, 3.63) is 34.9 Å². The number of aryl methyl sites for hydroxylation is 2. The van der Waals surface area contributed by atoms with Gasteiger partial charge in [-0.15, -0.1) is 0 Å². The second kappa shape index (κ2) is 5.87. The average molecular weight is 272 g/mol. The lowest BCUT2D eigenvalue weighted by molar-refractivity contribution is 0.0447. The standard InChI is InChI=1S/C18H28N2/c1-3-18(4-2)14-19-10-11-20(18)13-15-8-9-16-6-5-7-17(16)12-15/h8-9,12,19H,3-7,10-11,13-14H2,1-2H3. The molecule has 1 aromatic rings. The largest absolute Gasteiger partial charge is 0.314 e. The number of nitrogens with zero attached hydrogens (tertiary/aromatic N) is 1. The highest BCUT2D eigenvalue weighted by Gasteiger charge is 2.35. The molecule has 2 aliphatic rings. The van der Waals surface area contributed by atoms with E-state index in [1.165, 1.54) is 44.2 Å². The van der Waals surface area contributed by atoms with E-state index < -0.39 is 0 Å². The van der Waals surface area contributed by atoms with Gasteiger partial charge in [0.2, 0.25) is 0 Å². The molecule has 0 saturated carbocycles. The zero-order valence-corrected chi connectivity index (χ0v) is 13.0. The van der Waals surface area contributed by atoms with Crippen LogP contribution in [0.2, 0.25) is 0 Å². The fourth-order valence-corrected chi connectivity index (χ4v) is 4.02. The lowest BCUT2D eigenvalue weighted by Gasteiger charge is -2.47. The Bertz CT molecular complexity index is 462. The van der Waals surface area contributed by atoms with Gasteiger partial charge < -0.3 is 5.32 Å². The molecule has 0 atom stereocenters. The molecule has 2 heteroatoms. The van der Waals surface area contributed by atoms with E-state index in [0.29, 0.717) is 5.54 Å². The predicted molar refractivity (Wildman–Crippen MR) is 85.1 cm³/mol. The summed E-state index contributed by atoms with van der Waals surface area (Å²) in [6.45, 7) is 9.26. The second-order valence-corrected chi connectivity index (χ2v) is 6.49. The maximum absolute atomic E-state index is 3.59. The molecule has 20 heavy (non-hydrogen) atoms. The van der Waals surface area contributed by atoms with Gasteiger partial charge in [-0.1, -0.05) is 32.0 Å². The summed E-state index contributed by atoms with van der Waals surface area (Å²) in [5.41, 5.74) is 5.07. The third-order valence-corrected chi connectivity index (χ3v) is 5.54. The lowest BCUT2D eigenvalue weighted by atomic mass is 9.88. The molecule has 2 nitrogen and oxygen atoms in total. The van der Waals surface area contributed by atoms with Gasteiger partial charge >= 0.3 is 0 Å². The van der Waals surface area contributed by atoms with Crippen LogP contribution in [0.3, 0.4) is 0 Å². The highest BCUT2D eigenvalue weighted by Crippen LogP contribution is 2.29. The molecule has 1 aromatic carbocycles. The van der Waals surface area contributed by atoms with Crippen LogP contribution < -0.4 is 5.32 Å². The Labute approximate surface area is 123 Å². The molecule has 1 saturated heterocycles. The van der Waals surface area contributed by atoms with E-state index in [1.54, 1.807) is 11.1 Å². The summed E-state index contributed by atoms with van der Waals surface area (Å²) in [5, 5.41) is 3.59. The van der Waals surface area contributed by atoms with Gasteiger partial charge in [0.1, 0.15) is 0 Å². The molecule has 1 aliphatic carbocycles. The normalized spacial score (nSPS) is 21.9. The van der Waals surface area contributed by atoms with Gasteiger partial charge in [0.05, 0.1) is 0 Å². The van der Waals surface area contributed by atoms with Crippen molar-refractivity contribution in [2.75, 3.05) is 19.6 Å². The first-order chi connectivity index (χ1) is 9.77. The SMILES string of the molecule is CCC1(CC)CNCCN1Cc1ccc2c(c1)CCC2. The summed E-state index contributed by atoms with van der Waals surface area (Å²) >= 11 is 0. The van der Waals surface area contributed by atoms with Crippen LogP contribution in [0.15, 0.2) is 18.2 Å². The quantitative estimate of drug-likeness (QED) is 0.906. The lowest BCUT2D eigenvalue weighted by Crippen LogP contribution is -2.60. The Kier molecular flexibility index (Phi) is 4.13. The van der Waals surface area contributed by atoms with Gasteiger partial charge in [0.15, 0.2) is 0 Å². The maximum Gasteiger partial charge on any atom is 0.0332 e. The van der Waals surface area contributed by atoms with Gasteiger partial charge in [-0.05, 0) is 48.8 Å². The number of hydrogen-bond donors (Lipinski definition) is 1. The van der Waals surface area contributed by atoms with E-state index in [2.05, 4.69) is 42.3 Å².